The minimum atomic E-state index is -0.419. The Balaban J connectivity index is 1.28. The quantitative estimate of drug-likeness (QED) is 0.606. The van der Waals surface area contributed by atoms with Crippen molar-refractivity contribution in [2.24, 2.45) is 34.4 Å². The van der Waals surface area contributed by atoms with Gasteiger partial charge in [0.15, 0.2) is 0 Å². The molecule has 0 saturated heterocycles. The molecule has 0 aliphatic heterocycles. The highest BCUT2D eigenvalue weighted by Gasteiger charge is 2.41. The van der Waals surface area contributed by atoms with Gasteiger partial charge in [-0.1, -0.05) is 12.8 Å². The number of amidine groups is 1. The van der Waals surface area contributed by atoms with Crippen molar-refractivity contribution in [1.29, 1.82) is 0 Å². The molecule has 4 bridgehead atoms. The number of fused-ring (bicyclic) bond motifs is 4. The second kappa shape index (κ2) is 5.18. The van der Waals surface area contributed by atoms with Crippen molar-refractivity contribution in [3.05, 3.63) is 0 Å². The number of nitrogens with two attached hydrogens (primary N) is 1. The first-order valence-corrected chi connectivity index (χ1v) is 8.49. The van der Waals surface area contributed by atoms with Gasteiger partial charge in [-0.05, 0) is 62.2 Å². The van der Waals surface area contributed by atoms with E-state index in [1.54, 1.807) is 0 Å². The number of carbonyl (C=O) groups excluding carboxylic acids is 1. The average Bonchev–Trinajstić information content (AvgIpc) is 3.18. The van der Waals surface area contributed by atoms with Gasteiger partial charge in [0.25, 0.3) is 6.02 Å². The maximum absolute atomic E-state index is 11.9. The van der Waals surface area contributed by atoms with Crippen molar-refractivity contribution in [2.75, 3.05) is 0 Å². The van der Waals surface area contributed by atoms with Crippen molar-refractivity contribution in [3.63, 3.8) is 0 Å². The fourth-order valence-electron chi connectivity index (χ4n) is 5.26. The molecule has 4 aliphatic carbocycles. The third kappa shape index (κ3) is 2.62. The van der Waals surface area contributed by atoms with E-state index in [1.165, 1.54) is 38.5 Å². The molecular formula is C16H25N3O2. The zero-order valence-corrected chi connectivity index (χ0v) is 12.5. The van der Waals surface area contributed by atoms with E-state index < -0.39 is 6.09 Å². The summed E-state index contributed by atoms with van der Waals surface area (Å²) in [6.07, 6.45) is 9.49. The number of aliphatic imine (C=N–C) groups is 1. The van der Waals surface area contributed by atoms with E-state index in [0.29, 0.717) is 11.8 Å². The van der Waals surface area contributed by atoms with Crippen LogP contribution in [0.4, 0.5) is 4.79 Å². The molecule has 0 heterocycles. The standard InChI is InChI=1S/C16H25N3O2/c17-15(18-13-7-9-1-3-11(13)5-9)21-16(20)19-14-8-10-2-4-12(14)6-10/h9-14H,1-8H2,(H2,17,18)(H,19,20). The van der Waals surface area contributed by atoms with Gasteiger partial charge in [0, 0.05) is 6.04 Å². The van der Waals surface area contributed by atoms with E-state index in [0.717, 1.165) is 24.7 Å². The van der Waals surface area contributed by atoms with Gasteiger partial charge in [-0.15, -0.1) is 0 Å². The van der Waals surface area contributed by atoms with Crippen molar-refractivity contribution in [1.82, 2.24) is 5.32 Å². The number of rotatable bonds is 2. The van der Waals surface area contributed by atoms with Crippen LogP contribution in [0, 0.1) is 23.7 Å². The van der Waals surface area contributed by atoms with Crippen LogP contribution in [0.15, 0.2) is 4.99 Å². The van der Waals surface area contributed by atoms with Gasteiger partial charge in [0.1, 0.15) is 0 Å². The number of alkyl carbamates (subject to hydrolysis) is 1. The fraction of sp³-hybridized carbons (Fsp3) is 0.875. The summed E-state index contributed by atoms with van der Waals surface area (Å²) in [5.41, 5.74) is 5.80. The SMILES string of the molecule is NC(=NC1CC2CCC1C2)OC(=O)NC1CC2CCC1C2. The van der Waals surface area contributed by atoms with Crippen LogP contribution >= 0.6 is 0 Å². The Kier molecular flexibility index (Phi) is 3.31. The van der Waals surface area contributed by atoms with Crippen LogP contribution in [-0.4, -0.2) is 24.2 Å². The second-order valence-corrected chi connectivity index (χ2v) is 7.52. The Labute approximate surface area is 125 Å². The first-order valence-electron chi connectivity index (χ1n) is 8.49. The highest BCUT2D eigenvalue weighted by Crippen LogP contribution is 2.46. The maximum Gasteiger partial charge on any atom is 0.415 e. The van der Waals surface area contributed by atoms with Crippen LogP contribution in [0.2, 0.25) is 0 Å². The average molecular weight is 291 g/mol. The summed E-state index contributed by atoms with van der Waals surface area (Å²) in [7, 11) is 0. The molecule has 6 unspecified atom stereocenters. The molecule has 3 N–H and O–H groups in total. The predicted octanol–water partition coefficient (Wildman–Crippen LogP) is 2.40. The van der Waals surface area contributed by atoms with E-state index in [1.807, 2.05) is 0 Å². The summed E-state index contributed by atoms with van der Waals surface area (Å²) < 4.78 is 5.17. The topological polar surface area (TPSA) is 76.7 Å². The molecule has 4 rings (SSSR count). The molecule has 4 saturated carbocycles. The summed E-state index contributed by atoms with van der Waals surface area (Å²) in [6, 6.07) is 0.610. The van der Waals surface area contributed by atoms with Crippen molar-refractivity contribution < 1.29 is 9.53 Å². The molecule has 5 heteroatoms. The molecule has 0 aromatic carbocycles. The molecular weight excluding hydrogens is 266 g/mol. The highest BCUT2D eigenvalue weighted by molar-refractivity contribution is 5.85. The molecule has 0 aromatic rings. The molecule has 1 amide bonds. The molecule has 0 aromatic heterocycles. The van der Waals surface area contributed by atoms with Crippen LogP contribution in [-0.2, 0) is 4.74 Å². The van der Waals surface area contributed by atoms with Gasteiger partial charge in [-0.25, -0.2) is 9.79 Å². The smallest absolute Gasteiger partial charge is 0.376 e. The highest BCUT2D eigenvalue weighted by atomic mass is 16.6. The number of nitrogens with zero attached hydrogens (tertiary/aromatic N) is 1. The van der Waals surface area contributed by atoms with Gasteiger partial charge in [-0.3, -0.25) is 0 Å². The fourth-order valence-corrected chi connectivity index (χ4v) is 5.26. The zero-order valence-electron chi connectivity index (χ0n) is 12.5. The summed E-state index contributed by atoms with van der Waals surface area (Å²) in [4.78, 5) is 16.4. The van der Waals surface area contributed by atoms with Crippen LogP contribution in [0.25, 0.3) is 0 Å². The van der Waals surface area contributed by atoms with Gasteiger partial charge in [0.2, 0.25) is 0 Å². The number of ether oxygens (including phenoxy) is 1. The number of carbonyl (C=O) groups is 1. The minimum absolute atomic E-state index is 0.0493. The summed E-state index contributed by atoms with van der Waals surface area (Å²) in [5.74, 6) is 2.93. The van der Waals surface area contributed by atoms with Crippen LogP contribution in [0.3, 0.4) is 0 Å². The minimum Gasteiger partial charge on any atom is -0.376 e. The van der Waals surface area contributed by atoms with Gasteiger partial charge < -0.3 is 15.8 Å². The number of nitrogens with one attached hydrogen (secondary N) is 1. The number of hydrogen-bond donors (Lipinski definition) is 2. The lowest BCUT2D eigenvalue weighted by Crippen LogP contribution is -2.41. The maximum atomic E-state index is 11.9. The van der Waals surface area contributed by atoms with Crippen molar-refractivity contribution in [2.45, 2.75) is 63.5 Å². The molecule has 116 valence electrons. The van der Waals surface area contributed by atoms with Crippen LogP contribution in [0.1, 0.15) is 51.4 Å². The Morgan fingerprint density at radius 3 is 2.29 bits per heavy atom. The van der Waals surface area contributed by atoms with E-state index in [4.69, 9.17) is 10.5 Å². The van der Waals surface area contributed by atoms with E-state index in [-0.39, 0.29) is 18.1 Å². The van der Waals surface area contributed by atoms with E-state index in [2.05, 4.69) is 10.3 Å². The Morgan fingerprint density at radius 1 is 1.00 bits per heavy atom. The second-order valence-electron chi connectivity index (χ2n) is 7.52. The normalized spacial score (nSPS) is 44.3. The monoisotopic (exact) mass is 291 g/mol. The van der Waals surface area contributed by atoms with E-state index in [9.17, 15) is 4.79 Å². The number of hydrogen-bond acceptors (Lipinski definition) is 3. The van der Waals surface area contributed by atoms with Crippen molar-refractivity contribution in [3.8, 4) is 0 Å². The molecule has 6 atom stereocenters. The predicted molar refractivity (Wildman–Crippen MR) is 79.7 cm³/mol. The Morgan fingerprint density at radius 2 is 1.71 bits per heavy atom. The van der Waals surface area contributed by atoms with Crippen LogP contribution < -0.4 is 11.1 Å². The summed E-state index contributed by atoms with van der Waals surface area (Å²) >= 11 is 0. The number of amides is 1. The molecule has 21 heavy (non-hydrogen) atoms. The van der Waals surface area contributed by atoms with Gasteiger partial charge >= 0.3 is 6.09 Å². The van der Waals surface area contributed by atoms with Crippen molar-refractivity contribution >= 4 is 12.1 Å². The Hall–Kier alpha value is -1.26. The lowest BCUT2D eigenvalue weighted by atomic mass is 9.96. The molecule has 0 radical (unpaired) electrons. The largest absolute Gasteiger partial charge is 0.415 e. The first kappa shape index (κ1) is 13.4. The Bertz CT molecular complexity index is 464. The van der Waals surface area contributed by atoms with Gasteiger partial charge in [0.05, 0.1) is 6.04 Å². The molecule has 4 aliphatic rings. The lowest BCUT2D eigenvalue weighted by Gasteiger charge is -2.22. The third-order valence-corrected chi connectivity index (χ3v) is 6.23. The van der Waals surface area contributed by atoms with E-state index >= 15 is 0 Å². The molecule has 0 spiro atoms. The zero-order chi connectivity index (χ0) is 14.4. The van der Waals surface area contributed by atoms with Crippen LogP contribution in [0.5, 0.6) is 0 Å². The molecule has 4 fully saturated rings. The van der Waals surface area contributed by atoms with Gasteiger partial charge in [-0.2, -0.15) is 0 Å². The summed E-state index contributed by atoms with van der Waals surface area (Å²) in [6.45, 7) is 0. The molecule has 5 nitrogen and oxygen atoms in total. The first-order chi connectivity index (χ1) is 10.2. The summed E-state index contributed by atoms with van der Waals surface area (Å²) in [5, 5.41) is 2.98. The lowest BCUT2D eigenvalue weighted by molar-refractivity contribution is 0.185. The third-order valence-electron chi connectivity index (χ3n) is 6.23.